The van der Waals surface area contributed by atoms with Gasteiger partial charge in [-0.25, -0.2) is 4.79 Å². The maximum atomic E-state index is 14.0. The molecular formula is C28H34N2O6. The SMILES string of the molecule is CC(C)C(NC(=O)c1cc2c(n(C(Cc3ccccc3)C3=COCO3)c1=O)CCCCCC2)C(=O)O. The summed E-state index contributed by atoms with van der Waals surface area (Å²) >= 11 is 0. The molecule has 1 amide bonds. The first kappa shape index (κ1) is 25.5. The van der Waals surface area contributed by atoms with E-state index in [9.17, 15) is 19.5 Å². The second-order valence-corrected chi connectivity index (χ2v) is 9.81. The topological polar surface area (TPSA) is 107 Å². The van der Waals surface area contributed by atoms with E-state index in [0.717, 1.165) is 55.3 Å². The van der Waals surface area contributed by atoms with E-state index in [4.69, 9.17) is 9.47 Å². The molecule has 1 aromatic carbocycles. The fourth-order valence-electron chi connectivity index (χ4n) is 4.99. The van der Waals surface area contributed by atoms with Gasteiger partial charge in [-0.1, -0.05) is 57.0 Å². The number of fused-ring (bicyclic) bond motifs is 1. The van der Waals surface area contributed by atoms with Crippen molar-refractivity contribution in [3.05, 3.63) is 81.2 Å². The highest BCUT2D eigenvalue weighted by Gasteiger charge is 2.31. The number of rotatable bonds is 8. The summed E-state index contributed by atoms with van der Waals surface area (Å²) in [5.41, 5.74) is 2.39. The van der Waals surface area contributed by atoms with Crippen molar-refractivity contribution in [2.75, 3.05) is 6.79 Å². The number of aromatic nitrogens is 1. The number of benzene rings is 1. The molecule has 0 spiro atoms. The normalized spacial score (nSPS) is 17.0. The van der Waals surface area contributed by atoms with E-state index in [2.05, 4.69) is 5.32 Å². The maximum Gasteiger partial charge on any atom is 0.326 e. The summed E-state index contributed by atoms with van der Waals surface area (Å²) in [6.45, 7) is 3.52. The summed E-state index contributed by atoms with van der Waals surface area (Å²) in [6.07, 6.45) is 7.56. The fourth-order valence-corrected chi connectivity index (χ4v) is 4.99. The number of aliphatic carboxylic acids is 1. The van der Waals surface area contributed by atoms with Crippen LogP contribution in [0.2, 0.25) is 0 Å². The lowest BCUT2D eigenvalue weighted by molar-refractivity contribution is -0.140. The van der Waals surface area contributed by atoms with E-state index in [-0.39, 0.29) is 18.3 Å². The third-order valence-corrected chi connectivity index (χ3v) is 6.91. The second kappa shape index (κ2) is 11.5. The van der Waals surface area contributed by atoms with Gasteiger partial charge < -0.3 is 24.5 Å². The molecule has 1 aliphatic carbocycles. The highest BCUT2D eigenvalue weighted by Crippen LogP contribution is 2.30. The van der Waals surface area contributed by atoms with Crippen LogP contribution in [0.15, 0.2) is 53.2 Å². The van der Waals surface area contributed by atoms with Crippen molar-refractivity contribution in [2.24, 2.45) is 5.92 Å². The number of pyridine rings is 1. The largest absolute Gasteiger partial charge is 0.480 e. The van der Waals surface area contributed by atoms with Gasteiger partial charge in [-0.05, 0) is 48.8 Å². The minimum atomic E-state index is -1.13. The Morgan fingerprint density at radius 1 is 1.08 bits per heavy atom. The Kier molecular flexibility index (Phi) is 8.13. The molecule has 2 heterocycles. The van der Waals surface area contributed by atoms with E-state index in [1.54, 1.807) is 30.7 Å². The minimum absolute atomic E-state index is 0.0428. The van der Waals surface area contributed by atoms with Crippen LogP contribution in [0.5, 0.6) is 0 Å². The molecule has 2 atom stereocenters. The summed E-state index contributed by atoms with van der Waals surface area (Å²) in [4.78, 5) is 39.1. The summed E-state index contributed by atoms with van der Waals surface area (Å²) in [7, 11) is 0. The third-order valence-electron chi connectivity index (χ3n) is 6.91. The van der Waals surface area contributed by atoms with Crippen molar-refractivity contribution in [3.63, 3.8) is 0 Å². The molecule has 2 aliphatic rings. The summed E-state index contributed by atoms with van der Waals surface area (Å²) in [6, 6.07) is 9.90. The van der Waals surface area contributed by atoms with E-state index < -0.39 is 29.5 Å². The molecule has 0 saturated heterocycles. The fraction of sp³-hybridized carbons (Fsp3) is 0.464. The Bertz CT molecular complexity index is 1180. The van der Waals surface area contributed by atoms with Crippen LogP contribution < -0.4 is 10.9 Å². The zero-order chi connectivity index (χ0) is 25.7. The van der Waals surface area contributed by atoms with E-state index in [1.807, 2.05) is 30.3 Å². The van der Waals surface area contributed by atoms with Crippen molar-refractivity contribution >= 4 is 11.9 Å². The van der Waals surface area contributed by atoms with Crippen LogP contribution in [0.4, 0.5) is 0 Å². The molecule has 8 nitrogen and oxygen atoms in total. The number of carbonyl (C=O) groups excluding carboxylic acids is 1. The van der Waals surface area contributed by atoms with Gasteiger partial charge in [0.2, 0.25) is 6.79 Å². The number of hydrogen-bond acceptors (Lipinski definition) is 5. The highest BCUT2D eigenvalue weighted by molar-refractivity contribution is 5.96. The van der Waals surface area contributed by atoms with Gasteiger partial charge in [0.05, 0.1) is 0 Å². The Balaban J connectivity index is 1.86. The summed E-state index contributed by atoms with van der Waals surface area (Å²) in [5, 5.41) is 12.2. The van der Waals surface area contributed by atoms with Crippen molar-refractivity contribution in [2.45, 2.75) is 70.9 Å². The van der Waals surface area contributed by atoms with Crippen molar-refractivity contribution in [1.29, 1.82) is 0 Å². The smallest absolute Gasteiger partial charge is 0.326 e. The van der Waals surface area contributed by atoms with Crippen molar-refractivity contribution in [3.8, 4) is 0 Å². The number of nitrogens with zero attached hydrogens (tertiary/aromatic N) is 1. The van der Waals surface area contributed by atoms with Gasteiger partial charge >= 0.3 is 5.97 Å². The average Bonchev–Trinajstić information content (AvgIpc) is 3.37. The van der Waals surface area contributed by atoms with Crippen LogP contribution in [-0.4, -0.2) is 34.4 Å². The Labute approximate surface area is 210 Å². The molecule has 2 N–H and O–H groups in total. The second-order valence-electron chi connectivity index (χ2n) is 9.81. The van der Waals surface area contributed by atoms with Crippen LogP contribution >= 0.6 is 0 Å². The molecule has 2 aromatic rings. The number of ether oxygens (including phenoxy) is 2. The van der Waals surface area contributed by atoms with Gasteiger partial charge in [0.15, 0.2) is 5.76 Å². The zero-order valence-corrected chi connectivity index (χ0v) is 20.9. The number of amides is 1. The Morgan fingerprint density at radius 3 is 2.44 bits per heavy atom. The summed E-state index contributed by atoms with van der Waals surface area (Å²) < 4.78 is 12.8. The number of carbonyl (C=O) groups is 2. The van der Waals surface area contributed by atoms with Gasteiger partial charge in [0, 0.05) is 12.1 Å². The van der Waals surface area contributed by atoms with E-state index in [1.165, 1.54) is 0 Å². The lowest BCUT2D eigenvalue weighted by Gasteiger charge is -2.27. The number of aryl methyl sites for hydroxylation is 1. The predicted octanol–water partition coefficient (Wildman–Crippen LogP) is 3.98. The molecule has 4 rings (SSSR count). The molecule has 2 unspecified atom stereocenters. The first-order valence-corrected chi connectivity index (χ1v) is 12.7. The van der Waals surface area contributed by atoms with E-state index >= 15 is 0 Å². The minimum Gasteiger partial charge on any atom is -0.480 e. The average molecular weight is 495 g/mol. The van der Waals surface area contributed by atoms with E-state index in [0.29, 0.717) is 12.2 Å². The van der Waals surface area contributed by atoms with Crippen molar-refractivity contribution < 1.29 is 24.2 Å². The number of hydrogen-bond donors (Lipinski definition) is 2. The zero-order valence-electron chi connectivity index (χ0n) is 20.9. The lowest BCUT2D eigenvalue weighted by atomic mass is 9.93. The Hall–Kier alpha value is -3.55. The van der Waals surface area contributed by atoms with Gasteiger partial charge in [0.25, 0.3) is 11.5 Å². The van der Waals surface area contributed by atoms with Gasteiger partial charge in [-0.3, -0.25) is 9.59 Å². The van der Waals surface area contributed by atoms with Crippen LogP contribution in [0, 0.1) is 5.92 Å². The number of nitrogens with one attached hydrogen (secondary N) is 1. The van der Waals surface area contributed by atoms with Crippen LogP contribution in [-0.2, 0) is 33.5 Å². The van der Waals surface area contributed by atoms with Gasteiger partial charge in [-0.2, -0.15) is 0 Å². The maximum absolute atomic E-state index is 14.0. The summed E-state index contributed by atoms with van der Waals surface area (Å²) in [5.74, 6) is -1.60. The molecule has 1 aliphatic heterocycles. The molecule has 36 heavy (non-hydrogen) atoms. The molecule has 192 valence electrons. The van der Waals surface area contributed by atoms with Crippen LogP contribution in [0.3, 0.4) is 0 Å². The first-order chi connectivity index (χ1) is 17.4. The van der Waals surface area contributed by atoms with Gasteiger partial charge in [0.1, 0.15) is 23.9 Å². The quantitative estimate of drug-likeness (QED) is 0.575. The molecule has 8 heteroatoms. The van der Waals surface area contributed by atoms with Crippen LogP contribution in [0.25, 0.3) is 0 Å². The highest BCUT2D eigenvalue weighted by atomic mass is 16.7. The Morgan fingerprint density at radius 2 is 1.81 bits per heavy atom. The number of carboxylic acids is 1. The molecule has 0 saturated carbocycles. The standard InChI is InChI=1S/C28H34N2O6/c1-18(2)25(28(33)34)29-26(31)21-15-20-12-8-3-4-9-13-22(20)30(27(21)32)23(24-16-35-17-36-24)14-19-10-6-5-7-11-19/h5-7,10-11,15-16,18,23,25H,3-4,8-9,12-14,17H2,1-2H3,(H,29,31)(H,33,34). The van der Waals surface area contributed by atoms with Crippen LogP contribution in [0.1, 0.15) is 72.8 Å². The molecule has 0 bridgehead atoms. The predicted molar refractivity (Wildman–Crippen MR) is 135 cm³/mol. The number of carboxylic acid groups (broad SMARTS) is 1. The molecule has 0 fully saturated rings. The van der Waals surface area contributed by atoms with Crippen molar-refractivity contribution in [1.82, 2.24) is 9.88 Å². The first-order valence-electron chi connectivity index (χ1n) is 12.7. The molecular weight excluding hydrogens is 460 g/mol. The molecule has 0 radical (unpaired) electrons. The molecule has 1 aromatic heterocycles. The number of allylic oxidation sites excluding steroid dienone is 1. The third kappa shape index (κ3) is 5.64. The van der Waals surface area contributed by atoms with Gasteiger partial charge in [-0.15, -0.1) is 0 Å². The lowest BCUT2D eigenvalue weighted by Crippen LogP contribution is -2.46. The monoisotopic (exact) mass is 494 g/mol.